The highest BCUT2D eigenvalue weighted by Crippen LogP contribution is 2.17. The number of nitrogen functional groups attached to an aromatic ring is 1. The first kappa shape index (κ1) is 16.4. The standard InChI is InChI=1S/C14H20N2O3S/c1-19-14(18)8-10-20-9-4-7-13(17)16-12-6-3-2-5-11(12)15/h2-3,5-6H,4,7-10,15H2,1H3,(H,16,17). The first-order chi connectivity index (χ1) is 9.63. The lowest BCUT2D eigenvalue weighted by Crippen LogP contribution is -2.12. The number of thioether (sulfide) groups is 1. The lowest BCUT2D eigenvalue weighted by atomic mass is 10.2. The first-order valence-corrected chi connectivity index (χ1v) is 7.58. The number of carbonyl (C=O) groups is 2. The number of rotatable bonds is 8. The van der Waals surface area contributed by atoms with E-state index < -0.39 is 0 Å². The molecule has 1 amide bonds. The molecule has 0 atom stereocenters. The molecule has 0 aliphatic carbocycles. The van der Waals surface area contributed by atoms with Gasteiger partial charge in [0.25, 0.3) is 0 Å². The summed E-state index contributed by atoms with van der Waals surface area (Å²) in [6.07, 6.45) is 1.62. The smallest absolute Gasteiger partial charge is 0.306 e. The van der Waals surface area contributed by atoms with Crippen molar-refractivity contribution in [3.05, 3.63) is 24.3 Å². The van der Waals surface area contributed by atoms with Crippen LogP contribution in [0.5, 0.6) is 0 Å². The first-order valence-electron chi connectivity index (χ1n) is 6.42. The summed E-state index contributed by atoms with van der Waals surface area (Å²) >= 11 is 1.64. The highest BCUT2D eigenvalue weighted by atomic mass is 32.2. The van der Waals surface area contributed by atoms with Gasteiger partial charge in [0, 0.05) is 12.2 Å². The van der Waals surface area contributed by atoms with Crippen LogP contribution in [0, 0.1) is 0 Å². The van der Waals surface area contributed by atoms with E-state index in [1.807, 2.05) is 12.1 Å². The molecule has 0 heterocycles. The van der Waals surface area contributed by atoms with Crippen LogP contribution in [0.1, 0.15) is 19.3 Å². The Labute approximate surface area is 123 Å². The van der Waals surface area contributed by atoms with Gasteiger partial charge in [-0.15, -0.1) is 0 Å². The van der Waals surface area contributed by atoms with E-state index in [-0.39, 0.29) is 11.9 Å². The van der Waals surface area contributed by atoms with E-state index in [0.717, 1.165) is 17.9 Å². The fraction of sp³-hybridized carbons (Fsp3) is 0.429. The molecule has 0 saturated heterocycles. The fourth-order valence-corrected chi connectivity index (χ4v) is 2.38. The molecule has 1 rings (SSSR count). The molecule has 110 valence electrons. The molecule has 0 aromatic heterocycles. The highest BCUT2D eigenvalue weighted by Gasteiger charge is 2.05. The maximum absolute atomic E-state index is 11.7. The summed E-state index contributed by atoms with van der Waals surface area (Å²) in [4.78, 5) is 22.6. The van der Waals surface area contributed by atoms with E-state index in [1.54, 1.807) is 23.9 Å². The number of benzene rings is 1. The van der Waals surface area contributed by atoms with Crippen molar-refractivity contribution in [2.24, 2.45) is 0 Å². The Morgan fingerprint density at radius 2 is 2.00 bits per heavy atom. The molecule has 0 aliphatic rings. The number of methoxy groups -OCH3 is 1. The second-order valence-electron chi connectivity index (χ2n) is 4.18. The van der Waals surface area contributed by atoms with E-state index in [0.29, 0.717) is 24.2 Å². The van der Waals surface area contributed by atoms with Crippen LogP contribution in [0.4, 0.5) is 11.4 Å². The van der Waals surface area contributed by atoms with Crippen molar-refractivity contribution >= 4 is 35.0 Å². The van der Waals surface area contributed by atoms with E-state index in [2.05, 4.69) is 10.1 Å². The van der Waals surface area contributed by atoms with Crippen LogP contribution in [0.3, 0.4) is 0 Å². The van der Waals surface area contributed by atoms with Crippen LogP contribution in [0.15, 0.2) is 24.3 Å². The SMILES string of the molecule is COC(=O)CCSCCCC(=O)Nc1ccccc1N. The minimum absolute atomic E-state index is 0.0449. The van der Waals surface area contributed by atoms with Crippen LogP contribution in [-0.2, 0) is 14.3 Å². The molecule has 1 aromatic carbocycles. The Morgan fingerprint density at radius 3 is 2.70 bits per heavy atom. The summed E-state index contributed by atoms with van der Waals surface area (Å²) < 4.78 is 4.54. The van der Waals surface area contributed by atoms with Crippen molar-refractivity contribution in [3.63, 3.8) is 0 Å². The maximum atomic E-state index is 11.7. The molecule has 3 N–H and O–H groups in total. The Morgan fingerprint density at radius 1 is 1.25 bits per heavy atom. The Hall–Kier alpha value is -1.69. The van der Waals surface area contributed by atoms with Gasteiger partial charge >= 0.3 is 5.97 Å². The summed E-state index contributed by atoms with van der Waals surface area (Å²) in [6, 6.07) is 7.17. The summed E-state index contributed by atoms with van der Waals surface area (Å²) in [6.45, 7) is 0. The van der Waals surface area contributed by atoms with Gasteiger partial charge in [-0.2, -0.15) is 11.8 Å². The van der Waals surface area contributed by atoms with Crippen molar-refractivity contribution in [1.29, 1.82) is 0 Å². The number of anilines is 2. The predicted molar refractivity (Wildman–Crippen MR) is 82.7 cm³/mol. The van der Waals surface area contributed by atoms with Gasteiger partial charge in [-0.05, 0) is 24.3 Å². The van der Waals surface area contributed by atoms with Crippen LogP contribution >= 0.6 is 11.8 Å². The third-order valence-corrected chi connectivity index (χ3v) is 3.68. The summed E-state index contributed by atoms with van der Waals surface area (Å²) in [5.74, 6) is 1.32. The molecule has 0 saturated carbocycles. The van der Waals surface area contributed by atoms with Crippen molar-refractivity contribution in [3.8, 4) is 0 Å². The van der Waals surface area contributed by atoms with Crippen LogP contribution < -0.4 is 11.1 Å². The number of carbonyl (C=O) groups excluding carboxylic acids is 2. The number of amides is 1. The maximum Gasteiger partial charge on any atom is 0.306 e. The molecule has 0 unspecified atom stereocenters. The predicted octanol–water partition coefficient (Wildman–Crippen LogP) is 2.28. The van der Waals surface area contributed by atoms with Gasteiger partial charge in [-0.25, -0.2) is 0 Å². The third kappa shape index (κ3) is 6.47. The van der Waals surface area contributed by atoms with Crippen LogP contribution in [0.25, 0.3) is 0 Å². The van der Waals surface area contributed by atoms with Gasteiger partial charge in [0.15, 0.2) is 0 Å². The summed E-state index contributed by atoms with van der Waals surface area (Å²) in [7, 11) is 1.38. The molecule has 20 heavy (non-hydrogen) atoms. The molecule has 0 bridgehead atoms. The highest BCUT2D eigenvalue weighted by molar-refractivity contribution is 7.99. The van der Waals surface area contributed by atoms with Gasteiger partial charge in [0.05, 0.1) is 24.9 Å². The van der Waals surface area contributed by atoms with Crippen LogP contribution in [-0.4, -0.2) is 30.5 Å². The lowest BCUT2D eigenvalue weighted by Gasteiger charge is -2.07. The number of para-hydroxylation sites is 2. The number of esters is 1. The minimum atomic E-state index is -0.199. The molecule has 1 aromatic rings. The second-order valence-corrected chi connectivity index (χ2v) is 5.40. The summed E-state index contributed by atoms with van der Waals surface area (Å²) in [5, 5.41) is 2.78. The van der Waals surface area contributed by atoms with Gasteiger partial charge < -0.3 is 15.8 Å². The third-order valence-electron chi connectivity index (χ3n) is 2.61. The van der Waals surface area contributed by atoms with E-state index in [1.165, 1.54) is 7.11 Å². The summed E-state index contributed by atoms with van der Waals surface area (Å²) in [5.41, 5.74) is 6.95. The van der Waals surface area contributed by atoms with E-state index >= 15 is 0 Å². The van der Waals surface area contributed by atoms with Crippen molar-refractivity contribution in [2.45, 2.75) is 19.3 Å². The van der Waals surface area contributed by atoms with Crippen molar-refractivity contribution in [2.75, 3.05) is 29.7 Å². The normalized spacial score (nSPS) is 10.1. The molecular formula is C14H20N2O3S. The van der Waals surface area contributed by atoms with Gasteiger partial charge in [0.1, 0.15) is 0 Å². The molecule has 6 heteroatoms. The van der Waals surface area contributed by atoms with Crippen molar-refractivity contribution in [1.82, 2.24) is 0 Å². The van der Waals surface area contributed by atoms with Gasteiger partial charge in [-0.3, -0.25) is 9.59 Å². The lowest BCUT2D eigenvalue weighted by molar-refractivity contribution is -0.140. The quantitative estimate of drug-likeness (QED) is 0.437. The number of hydrogen-bond acceptors (Lipinski definition) is 5. The molecular weight excluding hydrogens is 276 g/mol. The monoisotopic (exact) mass is 296 g/mol. The molecule has 0 spiro atoms. The molecule has 0 aliphatic heterocycles. The Bertz CT molecular complexity index is 452. The zero-order valence-corrected chi connectivity index (χ0v) is 12.4. The van der Waals surface area contributed by atoms with Gasteiger partial charge in [-0.1, -0.05) is 12.1 Å². The largest absolute Gasteiger partial charge is 0.469 e. The zero-order valence-electron chi connectivity index (χ0n) is 11.6. The number of nitrogens with two attached hydrogens (primary N) is 1. The van der Waals surface area contributed by atoms with Crippen LogP contribution in [0.2, 0.25) is 0 Å². The average molecular weight is 296 g/mol. The number of ether oxygens (including phenoxy) is 1. The van der Waals surface area contributed by atoms with E-state index in [9.17, 15) is 9.59 Å². The average Bonchev–Trinajstić information content (AvgIpc) is 2.44. The van der Waals surface area contributed by atoms with Gasteiger partial charge in [0.2, 0.25) is 5.91 Å². The Balaban J connectivity index is 2.12. The number of hydrogen-bond donors (Lipinski definition) is 2. The topological polar surface area (TPSA) is 81.4 Å². The second kappa shape index (κ2) is 9.25. The van der Waals surface area contributed by atoms with E-state index in [4.69, 9.17) is 5.73 Å². The fourth-order valence-electron chi connectivity index (χ4n) is 1.52. The Kier molecular flexibility index (Phi) is 7.57. The molecule has 5 nitrogen and oxygen atoms in total. The minimum Gasteiger partial charge on any atom is -0.469 e. The molecule has 0 radical (unpaired) electrons. The number of nitrogens with one attached hydrogen (secondary N) is 1. The molecule has 0 fully saturated rings. The van der Waals surface area contributed by atoms with Crippen molar-refractivity contribution < 1.29 is 14.3 Å². The zero-order chi connectivity index (χ0) is 14.8.